The number of hydrogen-bond acceptors (Lipinski definition) is 3. The van der Waals surface area contributed by atoms with Crippen LogP contribution in [0.15, 0.2) is 42.5 Å². The summed E-state index contributed by atoms with van der Waals surface area (Å²) in [5.41, 5.74) is 2.90. The summed E-state index contributed by atoms with van der Waals surface area (Å²) >= 11 is 0. The lowest BCUT2D eigenvalue weighted by molar-refractivity contribution is -0.127. The Morgan fingerprint density at radius 1 is 1.00 bits per heavy atom. The molecule has 8 heteroatoms. The van der Waals surface area contributed by atoms with Gasteiger partial charge in [0.1, 0.15) is 0 Å². The van der Waals surface area contributed by atoms with E-state index in [0.29, 0.717) is 12.1 Å². The number of carbonyl (C=O) groups excluding carboxylic acids is 1. The number of hydrogen-bond donors (Lipinski definition) is 0. The van der Waals surface area contributed by atoms with Gasteiger partial charge in [0.25, 0.3) is 0 Å². The van der Waals surface area contributed by atoms with Crippen LogP contribution >= 0.6 is 0 Å². The SMILES string of the molecule is CC1(C)OB(c2ccc3c(c2)CCN3C(=O)Cc2ccc(CC(F)(F)F)cc2)OC1(C)C. The van der Waals surface area contributed by atoms with Crippen LogP contribution in [0.3, 0.4) is 0 Å². The van der Waals surface area contributed by atoms with Gasteiger partial charge in [-0.3, -0.25) is 4.79 Å². The lowest BCUT2D eigenvalue weighted by Gasteiger charge is -2.32. The van der Waals surface area contributed by atoms with Crippen LogP contribution in [-0.4, -0.2) is 36.9 Å². The van der Waals surface area contributed by atoms with Gasteiger partial charge in [-0.05, 0) is 62.3 Å². The van der Waals surface area contributed by atoms with Gasteiger partial charge in [0, 0.05) is 12.2 Å². The van der Waals surface area contributed by atoms with Gasteiger partial charge in [-0.1, -0.05) is 36.4 Å². The average molecular weight is 445 g/mol. The van der Waals surface area contributed by atoms with Crippen LogP contribution in [0.25, 0.3) is 0 Å². The molecule has 1 saturated heterocycles. The van der Waals surface area contributed by atoms with Gasteiger partial charge in [0.2, 0.25) is 5.91 Å². The third-order valence-corrected chi connectivity index (χ3v) is 6.61. The summed E-state index contributed by atoms with van der Waals surface area (Å²) in [4.78, 5) is 14.6. The fraction of sp³-hybridized carbons (Fsp3) is 0.458. The zero-order chi connectivity index (χ0) is 23.3. The number of carbonyl (C=O) groups is 1. The van der Waals surface area contributed by atoms with Crippen molar-refractivity contribution in [3.63, 3.8) is 0 Å². The maximum Gasteiger partial charge on any atom is 0.494 e. The first-order chi connectivity index (χ1) is 14.8. The third-order valence-electron chi connectivity index (χ3n) is 6.61. The van der Waals surface area contributed by atoms with Crippen molar-refractivity contribution in [3.8, 4) is 0 Å². The van der Waals surface area contributed by atoms with Crippen molar-refractivity contribution in [1.29, 1.82) is 0 Å². The fourth-order valence-corrected chi connectivity index (χ4v) is 4.08. The molecule has 0 saturated carbocycles. The standard InChI is InChI=1S/C24H27BF3NO3/c1-22(2)23(3,4)32-25(31-22)19-9-10-20-18(14-19)11-12-29(20)21(30)13-16-5-7-17(8-6-16)15-24(26,27)28/h5-10,14H,11-13,15H2,1-4H3. The van der Waals surface area contributed by atoms with Gasteiger partial charge >= 0.3 is 13.3 Å². The monoisotopic (exact) mass is 445 g/mol. The van der Waals surface area contributed by atoms with Crippen LogP contribution in [0.5, 0.6) is 0 Å². The van der Waals surface area contributed by atoms with E-state index in [0.717, 1.165) is 23.1 Å². The predicted molar refractivity (Wildman–Crippen MR) is 118 cm³/mol. The molecule has 4 nitrogen and oxygen atoms in total. The molecule has 4 rings (SSSR count). The number of alkyl halides is 3. The Hall–Kier alpha value is -2.32. The first-order valence-electron chi connectivity index (χ1n) is 10.8. The minimum absolute atomic E-state index is 0.0734. The summed E-state index contributed by atoms with van der Waals surface area (Å²) in [6, 6.07) is 12.0. The van der Waals surface area contributed by atoms with Gasteiger partial charge in [-0.25, -0.2) is 0 Å². The Balaban J connectivity index is 1.44. The molecule has 0 atom stereocenters. The summed E-state index contributed by atoms with van der Waals surface area (Å²) in [6.07, 6.45) is -4.33. The summed E-state index contributed by atoms with van der Waals surface area (Å²) in [5, 5.41) is 0. The predicted octanol–water partition coefficient (Wildman–Crippen LogP) is 4.22. The fourth-order valence-electron chi connectivity index (χ4n) is 4.08. The van der Waals surface area contributed by atoms with Crippen LogP contribution in [0.1, 0.15) is 44.4 Å². The lowest BCUT2D eigenvalue weighted by Crippen LogP contribution is -2.41. The highest BCUT2D eigenvalue weighted by Crippen LogP contribution is 2.37. The summed E-state index contributed by atoms with van der Waals surface area (Å²) < 4.78 is 49.8. The van der Waals surface area contributed by atoms with Crippen molar-refractivity contribution < 1.29 is 27.3 Å². The van der Waals surface area contributed by atoms with Gasteiger partial charge in [-0.2, -0.15) is 13.2 Å². The molecule has 170 valence electrons. The van der Waals surface area contributed by atoms with Crippen LogP contribution in [0.2, 0.25) is 0 Å². The van der Waals surface area contributed by atoms with Crippen molar-refractivity contribution >= 4 is 24.2 Å². The highest BCUT2D eigenvalue weighted by molar-refractivity contribution is 6.62. The van der Waals surface area contributed by atoms with E-state index in [1.807, 2.05) is 45.9 Å². The van der Waals surface area contributed by atoms with Crippen LogP contribution in [0.4, 0.5) is 18.9 Å². The van der Waals surface area contributed by atoms with Crippen LogP contribution in [0, 0.1) is 0 Å². The van der Waals surface area contributed by atoms with E-state index in [-0.39, 0.29) is 17.9 Å². The van der Waals surface area contributed by atoms with E-state index < -0.39 is 30.9 Å². The number of amides is 1. The largest absolute Gasteiger partial charge is 0.494 e. The molecule has 2 heterocycles. The third kappa shape index (κ3) is 4.57. The number of benzene rings is 2. The molecule has 0 spiro atoms. The Kier molecular flexibility index (Phi) is 5.66. The molecule has 0 radical (unpaired) electrons. The molecule has 0 unspecified atom stereocenters. The topological polar surface area (TPSA) is 38.8 Å². The van der Waals surface area contributed by atoms with E-state index in [1.165, 1.54) is 12.1 Å². The number of fused-ring (bicyclic) bond motifs is 1. The lowest BCUT2D eigenvalue weighted by atomic mass is 9.78. The highest BCUT2D eigenvalue weighted by Gasteiger charge is 2.51. The first-order valence-corrected chi connectivity index (χ1v) is 10.8. The molecule has 1 fully saturated rings. The minimum Gasteiger partial charge on any atom is -0.399 e. The summed E-state index contributed by atoms with van der Waals surface area (Å²) in [6.45, 7) is 8.62. The Bertz CT molecular complexity index is 1000. The number of anilines is 1. The smallest absolute Gasteiger partial charge is 0.399 e. The zero-order valence-electron chi connectivity index (χ0n) is 18.8. The molecule has 1 amide bonds. The second kappa shape index (κ2) is 7.92. The maximum atomic E-state index is 12.9. The van der Waals surface area contributed by atoms with Gasteiger partial charge in [-0.15, -0.1) is 0 Å². The average Bonchev–Trinajstić information content (AvgIpc) is 3.19. The molecular weight excluding hydrogens is 418 g/mol. The van der Waals surface area contributed by atoms with E-state index in [9.17, 15) is 18.0 Å². The highest BCUT2D eigenvalue weighted by atomic mass is 19.4. The van der Waals surface area contributed by atoms with Crippen molar-refractivity contribution in [3.05, 3.63) is 59.2 Å². The van der Waals surface area contributed by atoms with Crippen molar-refractivity contribution in [2.24, 2.45) is 0 Å². The Labute approximate surface area is 186 Å². The molecule has 2 aliphatic rings. The molecule has 0 N–H and O–H groups in total. The molecule has 0 bridgehead atoms. The minimum atomic E-state index is -4.24. The first kappa shape index (κ1) is 22.9. The van der Waals surface area contributed by atoms with Crippen molar-refractivity contribution in [2.45, 2.75) is 64.3 Å². The number of rotatable bonds is 4. The normalized spacial score (nSPS) is 19.3. The molecule has 2 aromatic carbocycles. The Morgan fingerprint density at radius 2 is 1.59 bits per heavy atom. The maximum absolute atomic E-state index is 12.9. The zero-order valence-corrected chi connectivity index (χ0v) is 18.8. The molecular formula is C24H27BF3NO3. The van der Waals surface area contributed by atoms with E-state index in [4.69, 9.17) is 9.31 Å². The molecule has 0 aliphatic carbocycles. The molecule has 2 aromatic rings. The second-order valence-electron chi connectivity index (χ2n) is 9.56. The van der Waals surface area contributed by atoms with Crippen molar-refractivity contribution in [1.82, 2.24) is 0 Å². The summed E-state index contributed by atoms with van der Waals surface area (Å²) in [7, 11) is -0.453. The number of halogens is 3. The number of nitrogens with zero attached hydrogens (tertiary/aromatic N) is 1. The van der Waals surface area contributed by atoms with Gasteiger partial charge in [0.15, 0.2) is 0 Å². The van der Waals surface area contributed by atoms with Crippen LogP contribution in [-0.2, 0) is 33.4 Å². The summed E-state index contributed by atoms with van der Waals surface area (Å²) in [5.74, 6) is -0.0734. The van der Waals surface area contributed by atoms with E-state index in [2.05, 4.69) is 0 Å². The van der Waals surface area contributed by atoms with Gasteiger partial charge in [0.05, 0.1) is 24.0 Å². The molecule has 32 heavy (non-hydrogen) atoms. The quantitative estimate of drug-likeness (QED) is 0.662. The second-order valence-corrected chi connectivity index (χ2v) is 9.56. The van der Waals surface area contributed by atoms with Gasteiger partial charge < -0.3 is 14.2 Å². The van der Waals surface area contributed by atoms with E-state index in [1.54, 1.807) is 17.0 Å². The molecule has 0 aromatic heterocycles. The Morgan fingerprint density at radius 3 is 2.19 bits per heavy atom. The molecule has 2 aliphatic heterocycles. The van der Waals surface area contributed by atoms with Crippen LogP contribution < -0.4 is 10.4 Å². The van der Waals surface area contributed by atoms with Crippen molar-refractivity contribution in [2.75, 3.05) is 11.4 Å². The van der Waals surface area contributed by atoms with E-state index >= 15 is 0 Å².